The number of aromatic nitrogens is 2. The van der Waals surface area contributed by atoms with Gasteiger partial charge >= 0.3 is 6.18 Å². The molecule has 30 heavy (non-hydrogen) atoms. The highest BCUT2D eigenvalue weighted by Gasteiger charge is 2.33. The minimum Gasteiger partial charge on any atom is -0.324 e. The van der Waals surface area contributed by atoms with Crippen molar-refractivity contribution in [1.82, 2.24) is 9.78 Å². The molecule has 7 nitrogen and oxygen atoms in total. The van der Waals surface area contributed by atoms with Crippen LogP contribution in [0.1, 0.15) is 11.3 Å². The average molecular weight is 436 g/mol. The molecule has 0 unspecified atom stereocenters. The summed E-state index contributed by atoms with van der Waals surface area (Å²) in [5, 5.41) is 17.0. The molecule has 11 heteroatoms. The Bertz CT molecular complexity index is 1080. The number of alkyl halides is 3. The Morgan fingerprint density at radius 3 is 2.47 bits per heavy atom. The van der Waals surface area contributed by atoms with E-state index in [0.29, 0.717) is 4.90 Å². The lowest BCUT2D eigenvalue weighted by Crippen LogP contribution is -2.20. The van der Waals surface area contributed by atoms with Gasteiger partial charge in [-0.05, 0) is 31.2 Å². The fourth-order valence-electron chi connectivity index (χ4n) is 2.51. The van der Waals surface area contributed by atoms with E-state index in [0.717, 1.165) is 27.4 Å². The zero-order chi connectivity index (χ0) is 21.9. The molecule has 3 aromatic rings. The molecule has 0 saturated carbocycles. The van der Waals surface area contributed by atoms with Crippen molar-refractivity contribution in [1.29, 1.82) is 0 Å². The molecule has 2 aromatic carbocycles. The van der Waals surface area contributed by atoms with E-state index in [9.17, 15) is 28.1 Å². The lowest BCUT2D eigenvalue weighted by Gasteiger charge is -2.09. The van der Waals surface area contributed by atoms with Crippen LogP contribution in [0.15, 0.2) is 64.5 Å². The second-order valence-electron chi connectivity index (χ2n) is 6.33. The van der Waals surface area contributed by atoms with Gasteiger partial charge < -0.3 is 5.32 Å². The van der Waals surface area contributed by atoms with Crippen LogP contribution in [0.2, 0.25) is 0 Å². The Labute approximate surface area is 173 Å². The predicted molar refractivity (Wildman–Crippen MR) is 104 cm³/mol. The van der Waals surface area contributed by atoms with E-state index in [2.05, 4.69) is 10.4 Å². The van der Waals surface area contributed by atoms with Crippen molar-refractivity contribution in [2.24, 2.45) is 0 Å². The first-order valence-electron chi connectivity index (χ1n) is 8.55. The Balaban J connectivity index is 1.76. The number of hydrogen-bond acceptors (Lipinski definition) is 5. The molecular formula is C19H15F3N4O3S. The fraction of sp³-hybridized carbons (Fsp3) is 0.158. The van der Waals surface area contributed by atoms with Crippen LogP contribution < -0.4 is 5.32 Å². The molecule has 0 spiro atoms. The number of nitro groups is 1. The van der Waals surface area contributed by atoms with Crippen molar-refractivity contribution in [2.45, 2.75) is 29.4 Å². The maximum Gasteiger partial charge on any atom is 0.435 e. The summed E-state index contributed by atoms with van der Waals surface area (Å²) >= 11 is 1.28. The number of nitro benzene ring substituents is 1. The number of rotatable bonds is 6. The van der Waals surface area contributed by atoms with E-state index in [-0.39, 0.29) is 11.4 Å². The molecule has 0 aliphatic rings. The zero-order valence-electron chi connectivity index (χ0n) is 15.5. The minimum atomic E-state index is -4.61. The third kappa shape index (κ3) is 5.60. The first kappa shape index (κ1) is 21.4. The van der Waals surface area contributed by atoms with Crippen LogP contribution in [-0.4, -0.2) is 20.6 Å². The van der Waals surface area contributed by atoms with Crippen LogP contribution in [0.4, 0.5) is 24.5 Å². The molecule has 156 valence electrons. The summed E-state index contributed by atoms with van der Waals surface area (Å²) in [5.74, 6) is -0.668. The quantitative estimate of drug-likeness (QED) is 0.438. The number of aryl methyl sites for hydroxylation is 1. The number of carbonyl (C=O) groups excluding carboxylic acids is 1. The van der Waals surface area contributed by atoms with Crippen molar-refractivity contribution in [3.05, 3.63) is 76.1 Å². The van der Waals surface area contributed by atoms with Crippen molar-refractivity contribution in [3.63, 3.8) is 0 Å². The number of halogens is 3. The van der Waals surface area contributed by atoms with Crippen molar-refractivity contribution < 1.29 is 22.9 Å². The van der Waals surface area contributed by atoms with Gasteiger partial charge in [0.1, 0.15) is 6.54 Å². The van der Waals surface area contributed by atoms with E-state index < -0.39 is 29.2 Å². The number of amides is 1. The maximum atomic E-state index is 12.6. The number of nitrogens with zero attached hydrogens (tertiary/aromatic N) is 3. The van der Waals surface area contributed by atoms with Gasteiger partial charge in [-0.1, -0.05) is 29.5 Å². The van der Waals surface area contributed by atoms with Crippen LogP contribution in [0.5, 0.6) is 0 Å². The van der Waals surface area contributed by atoms with Crippen molar-refractivity contribution >= 4 is 29.0 Å². The molecule has 0 aliphatic carbocycles. The third-order valence-electron chi connectivity index (χ3n) is 3.88. The predicted octanol–water partition coefficient (Wildman–Crippen LogP) is 4.91. The smallest absolute Gasteiger partial charge is 0.324 e. The SMILES string of the molecule is Cc1ccc(Sc2cc(NC(=O)Cn3ccc(C(F)(F)F)n3)cc([N+](=O)[O-])c2)cc1. The summed E-state index contributed by atoms with van der Waals surface area (Å²) in [6, 6.07) is 12.4. The second kappa shape index (κ2) is 8.57. The molecule has 1 amide bonds. The van der Waals surface area contributed by atoms with Crippen LogP contribution in [0, 0.1) is 17.0 Å². The van der Waals surface area contributed by atoms with Gasteiger partial charge in [0.15, 0.2) is 5.69 Å². The molecule has 0 radical (unpaired) electrons. The summed E-state index contributed by atoms with van der Waals surface area (Å²) in [6.45, 7) is 1.46. The highest BCUT2D eigenvalue weighted by atomic mass is 32.2. The summed E-state index contributed by atoms with van der Waals surface area (Å²) in [6.07, 6.45) is -3.57. The molecule has 0 atom stereocenters. The summed E-state index contributed by atoms with van der Waals surface area (Å²) in [5.41, 5.74) is -0.103. The lowest BCUT2D eigenvalue weighted by atomic mass is 10.2. The maximum absolute atomic E-state index is 12.6. The molecule has 0 bridgehead atoms. The molecule has 0 saturated heterocycles. The first-order valence-corrected chi connectivity index (χ1v) is 9.36. The number of hydrogen-bond donors (Lipinski definition) is 1. The standard InChI is InChI=1S/C19H15F3N4O3S/c1-12-2-4-15(5-3-12)30-16-9-13(8-14(10-16)26(28)29)23-18(27)11-25-7-6-17(24-25)19(20,21)22/h2-10H,11H2,1H3,(H,23,27). The van der Waals surface area contributed by atoms with E-state index in [1.807, 2.05) is 31.2 Å². The minimum absolute atomic E-state index is 0.159. The van der Waals surface area contributed by atoms with Gasteiger partial charge in [0, 0.05) is 33.8 Å². The Morgan fingerprint density at radius 2 is 1.87 bits per heavy atom. The number of nitrogens with one attached hydrogen (secondary N) is 1. The molecule has 1 heterocycles. The molecule has 3 rings (SSSR count). The van der Waals surface area contributed by atoms with Gasteiger partial charge in [0.25, 0.3) is 5.69 Å². The number of carbonyl (C=O) groups is 1. The van der Waals surface area contributed by atoms with E-state index in [4.69, 9.17) is 0 Å². The van der Waals surface area contributed by atoms with Gasteiger partial charge in [-0.25, -0.2) is 0 Å². The molecule has 1 aromatic heterocycles. The highest BCUT2D eigenvalue weighted by Crippen LogP contribution is 2.33. The second-order valence-corrected chi connectivity index (χ2v) is 7.48. The largest absolute Gasteiger partial charge is 0.435 e. The molecule has 0 aliphatic heterocycles. The first-order chi connectivity index (χ1) is 14.1. The number of anilines is 1. The summed E-state index contributed by atoms with van der Waals surface area (Å²) in [4.78, 5) is 24.2. The van der Waals surface area contributed by atoms with Crippen molar-refractivity contribution in [2.75, 3.05) is 5.32 Å². The van der Waals surface area contributed by atoms with E-state index in [1.54, 1.807) is 6.07 Å². The Kier molecular flexibility index (Phi) is 6.11. The summed E-state index contributed by atoms with van der Waals surface area (Å²) in [7, 11) is 0. The average Bonchev–Trinajstić information content (AvgIpc) is 3.12. The van der Waals surface area contributed by atoms with Crippen LogP contribution in [-0.2, 0) is 17.5 Å². The zero-order valence-corrected chi connectivity index (χ0v) is 16.3. The highest BCUT2D eigenvalue weighted by molar-refractivity contribution is 7.99. The monoisotopic (exact) mass is 436 g/mol. The van der Waals surface area contributed by atoms with Gasteiger partial charge in [-0.2, -0.15) is 18.3 Å². The van der Waals surface area contributed by atoms with Crippen LogP contribution >= 0.6 is 11.8 Å². The normalized spacial score (nSPS) is 11.3. The van der Waals surface area contributed by atoms with Crippen LogP contribution in [0.3, 0.4) is 0 Å². The third-order valence-corrected chi connectivity index (χ3v) is 4.86. The van der Waals surface area contributed by atoms with Crippen molar-refractivity contribution in [3.8, 4) is 0 Å². The Hall–Kier alpha value is -3.34. The number of non-ortho nitro benzene ring substituents is 1. The molecule has 0 fully saturated rings. The van der Waals surface area contributed by atoms with Gasteiger partial charge in [-0.3, -0.25) is 19.6 Å². The summed E-state index contributed by atoms with van der Waals surface area (Å²) < 4.78 is 38.7. The van der Waals surface area contributed by atoms with Gasteiger partial charge in [0.05, 0.1) is 4.92 Å². The van der Waals surface area contributed by atoms with Crippen LogP contribution in [0.25, 0.3) is 0 Å². The molecular weight excluding hydrogens is 421 g/mol. The number of benzene rings is 2. The fourth-order valence-corrected chi connectivity index (χ4v) is 3.42. The van der Waals surface area contributed by atoms with Gasteiger partial charge in [0.2, 0.25) is 5.91 Å². The van der Waals surface area contributed by atoms with E-state index >= 15 is 0 Å². The Morgan fingerprint density at radius 1 is 1.17 bits per heavy atom. The molecule has 1 N–H and O–H groups in total. The van der Waals surface area contributed by atoms with E-state index in [1.165, 1.54) is 23.9 Å². The van der Waals surface area contributed by atoms with Gasteiger partial charge in [-0.15, -0.1) is 0 Å². The topological polar surface area (TPSA) is 90.1 Å². The lowest BCUT2D eigenvalue weighted by molar-refractivity contribution is -0.385.